The number of carbonyl (C=O) groups excluding carboxylic acids is 1. The number of nitro groups is 2. The number of phenols is 1. The van der Waals surface area contributed by atoms with Crippen LogP contribution in [0.2, 0.25) is 0 Å². The molecule has 2 N–H and O–H groups in total. The summed E-state index contributed by atoms with van der Waals surface area (Å²) >= 11 is 0. The molecule has 0 aromatic heterocycles. The first-order valence-corrected chi connectivity index (χ1v) is 10.6. The van der Waals surface area contributed by atoms with Crippen molar-refractivity contribution in [2.24, 2.45) is 5.10 Å². The Balaban J connectivity index is 1.51. The Morgan fingerprint density at radius 2 is 1.62 bits per heavy atom. The fraction of sp³-hybridized carbons (Fsp3) is 0.0400. The number of amides is 1. The molecule has 0 aliphatic heterocycles. The lowest BCUT2D eigenvalue weighted by atomic mass is 10.1. The fourth-order valence-electron chi connectivity index (χ4n) is 3.45. The van der Waals surface area contributed by atoms with E-state index in [0.29, 0.717) is 5.56 Å². The van der Waals surface area contributed by atoms with Gasteiger partial charge in [0, 0.05) is 6.07 Å². The second-order valence-electron chi connectivity index (χ2n) is 7.59. The van der Waals surface area contributed by atoms with Gasteiger partial charge in [0.05, 0.1) is 34.8 Å². The molecule has 4 aromatic rings. The summed E-state index contributed by atoms with van der Waals surface area (Å²) in [6.45, 7) is 0. The minimum Gasteiger partial charge on any atom is -0.507 e. The van der Waals surface area contributed by atoms with Crippen LogP contribution in [-0.2, 0) is 0 Å². The van der Waals surface area contributed by atoms with Crippen molar-refractivity contribution in [3.05, 3.63) is 104 Å². The number of fused-ring (bicyclic) bond motifs is 1. The molecule has 4 rings (SSSR count). The highest BCUT2D eigenvalue weighted by Gasteiger charge is 2.22. The van der Waals surface area contributed by atoms with Gasteiger partial charge in [0.25, 0.3) is 11.6 Å². The molecule has 0 radical (unpaired) electrons. The van der Waals surface area contributed by atoms with Crippen molar-refractivity contribution in [1.29, 1.82) is 0 Å². The molecule has 37 heavy (non-hydrogen) atoms. The molecule has 0 spiro atoms. The van der Waals surface area contributed by atoms with Crippen LogP contribution >= 0.6 is 0 Å². The zero-order valence-electron chi connectivity index (χ0n) is 19.2. The smallest absolute Gasteiger partial charge is 0.318 e. The number of hydrogen-bond acceptors (Lipinski definition) is 9. The second-order valence-corrected chi connectivity index (χ2v) is 7.59. The predicted octanol–water partition coefficient (Wildman–Crippen LogP) is 4.93. The van der Waals surface area contributed by atoms with Gasteiger partial charge < -0.3 is 14.6 Å². The van der Waals surface area contributed by atoms with Crippen LogP contribution in [0.5, 0.6) is 23.0 Å². The third kappa shape index (κ3) is 5.43. The number of hydrazone groups is 1. The van der Waals surface area contributed by atoms with Gasteiger partial charge in [-0.05, 0) is 52.7 Å². The Labute approximate surface area is 208 Å². The number of nitrogens with zero attached hydrogens (tertiary/aromatic N) is 3. The zero-order valence-corrected chi connectivity index (χ0v) is 19.2. The van der Waals surface area contributed by atoms with Gasteiger partial charge >= 0.3 is 5.69 Å². The molecule has 0 atom stereocenters. The van der Waals surface area contributed by atoms with Gasteiger partial charge in [-0.15, -0.1) is 0 Å². The van der Waals surface area contributed by atoms with Crippen LogP contribution in [0.15, 0.2) is 77.9 Å². The predicted molar refractivity (Wildman–Crippen MR) is 133 cm³/mol. The molecule has 0 aliphatic carbocycles. The van der Waals surface area contributed by atoms with Crippen LogP contribution in [0.1, 0.15) is 15.9 Å². The Hall–Kier alpha value is -5.52. The van der Waals surface area contributed by atoms with Gasteiger partial charge in [-0.25, -0.2) is 5.43 Å². The van der Waals surface area contributed by atoms with E-state index in [-0.39, 0.29) is 28.6 Å². The molecule has 0 bridgehead atoms. The van der Waals surface area contributed by atoms with Crippen molar-refractivity contribution in [2.75, 3.05) is 7.11 Å². The molecular formula is C25H18N4O8. The third-order valence-electron chi connectivity index (χ3n) is 5.25. The highest BCUT2D eigenvalue weighted by atomic mass is 16.6. The molecule has 1 amide bonds. The minimum atomic E-state index is -0.786. The summed E-state index contributed by atoms with van der Waals surface area (Å²) in [4.78, 5) is 33.3. The topological polar surface area (TPSA) is 166 Å². The highest BCUT2D eigenvalue weighted by molar-refractivity contribution is 6.01. The largest absolute Gasteiger partial charge is 0.507 e. The van der Waals surface area contributed by atoms with Crippen LogP contribution < -0.4 is 14.9 Å². The highest BCUT2D eigenvalue weighted by Crippen LogP contribution is 2.38. The SMILES string of the molecule is COc1cc(/C=N/NC(=O)c2cc3ccccc3cc2O)ccc1Oc1ccc([N+](=O)[O-])cc1[N+](=O)[O-]. The van der Waals surface area contributed by atoms with Gasteiger partial charge in [0.2, 0.25) is 5.75 Å². The summed E-state index contributed by atoms with van der Waals surface area (Å²) in [5.41, 5.74) is 1.87. The van der Waals surface area contributed by atoms with Gasteiger partial charge in [0.1, 0.15) is 5.75 Å². The number of ether oxygens (including phenoxy) is 2. The van der Waals surface area contributed by atoms with Crippen molar-refractivity contribution in [3.8, 4) is 23.0 Å². The molecule has 0 aliphatic rings. The minimum absolute atomic E-state index is 0.0573. The van der Waals surface area contributed by atoms with Gasteiger partial charge in [-0.1, -0.05) is 24.3 Å². The third-order valence-corrected chi connectivity index (χ3v) is 5.25. The summed E-state index contributed by atoms with van der Waals surface area (Å²) in [7, 11) is 1.36. The monoisotopic (exact) mass is 502 g/mol. The van der Waals surface area contributed by atoms with E-state index in [9.17, 15) is 30.1 Å². The van der Waals surface area contributed by atoms with Crippen molar-refractivity contribution < 1.29 is 29.2 Å². The van der Waals surface area contributed by atoms with E-state index in [4.69, 9.17) is 9.47 Å². The molecule has 0 saturated heterocycles. The molecule has 0 unspecified atom stereocenters. The second kappa shape index (κ2) is 10.4. The summed E-state index contributed by atoms with van der Waals surface area (Å²) in [5.74, 6) is -0.707. The Bertz CT molecular complexity index is 1570. The maximum atomic E-state index is 12.5. The van der Waals surface area contributed by atoms with Crippen LogP contribution in [0.4, 0.5) is 11.4 Å². The molecule has 186 valence electrons. The van der Waals surface area contributed by atoms with Crippen LogP contribution in [-0.4, -0.2) is 34.2 Å². The first-order chi connectivity index (χ1) is 17.8. The van der Waals surface area contributed by atoms with E-state index in [2.05, 4.69) is 10.5 Å². The maximum Gasteiger partial charge on any atom is 0.318 e. The number of nitrogens with one attached hydrogen (secondary N) is 1. The molecular weight excluding hydrogens is 484 g/mol. The van der Waals surface area contributed by atoms with Crippen molar-refractivity contribution >= 4 is 34.3 Å². The zero-order chi connectivity index (χ0) is 26.5. The number of aromatic hydroxyl groups is 1. The van der Waals surface area contributed by atoms with Crippen molar-refractivity contribution in [3.63, 3.8) is 0 Å². The lowest BCUT2D eigenvalue weighted by Crippen LogP contribution is -2.17. The van der Waals surface area contributed by atoms with Crippen LogP contribution in [0.25, 0.3) is 10.8 Å². The first-order valence-electron chi connectivity index (χ1n) is 10.6. The molecule has 0 heterocycles. The van der Waals surface area contributed by atoms with E-state index in [1.807, 2.05) is 24.3 Å². The van der Waals surface area contributed by atoms with E-state index >= 15 is 0 Å². The average Bonchev–Trinajstić information content (AvgIpc) is 2.88. The summed E-state index contributed by atoms with van der Waals surface area (Å²) in [6.07, 6.45) is 1.33. The lowest BCUT2D eigenvalue weighted by Gasteiger charge is -2.11. The molecule has 4 aromatic carbocycles. The average molecular weight is 502 g/mol. The van der Waals surface area contributed by atoms with Gasteiger partial charge in [-0.3, -0.25) is 25.0 Å². The van der Waals surface area contributed by atoms with E-state index in [0.717, 1.165) is 29.0 Å². The lowest BCUT2D eigenvalue weighted by molar-refractivity contribution is -0.394. The van der Waals surface area contributed by atoms with E-state index in [1.54, 1.807) is 12.1 Å². The number of methoxy groups -OCH3 is 1. The number of rotatable bonds is 8. The van der Waals surface area contributed by atoms with Crippen LogP contribution in [0, 0.1) is 20.2 Å². The quantitative estimate of drug-likeness (QED) is 0.194. The summed E-state index contributed by atoms with van der Waals surface area (Å²) < 4.78 is 10.9. The Morgan fingerprint density at radius 3 is 2.30 bits per heavy atom. The van der Waals surface area contributed by atoms with Crippen molar-refractivity contribution in [1.82, 2.24) is 5.43 Å². The number of hydrogen-bond donors (Lipinski definition) is 2. The van der Waals surface area contributed by atoms with Crippen LogP contribution in [0.3, 0.4) is 0 Å². The number of nitro benzene ring substituents is 2. The van der Waals surface area contributed by atoms with Gasteiger partial charge in [-0.2, -0.15) is 5.10 Å². The number of non-ortho nitro benzene ring substituents is 1. The molecule has 12 nitrogen and oxygen atoms in total. The summed E-state index contributed by atoms with van der Waals surface area (Å²) in [5, 5.41) is 38.0. The van der Waals surface area contributed by atoms with Crippen molar-refractivity contribution in [2.45, 2.75) is 0 Å². The molecule has 12 heteroatoms. The number of phenolic OH excluding ortho intramolecular Hbond substituents is 1. The maximum absolute atomic E-state index is 12.5. The van der Waals surface area contributed by atoms with E-state index in [1.165, 1.54) is 31.5 Å². The summed E-state index contributed by atoms with van der Waals surface area (Å²) in [6, 6.07) is 17.9. The Kier molecular flexibility index (Phi) is 6.91. The standard InChI is InChI=1S/C25H18N4O8/c1-36-24-10-15(6-8-23(24)37-22-9-7-18(28(32)33)13-20(22)29(34)35)14-26-27-25(31)19-11-16-4-2-3-5-17(16)12-21(19)30/h2-14,30H,1H3,(H,27,31)/b26-14+. The normalized spacial score (nSPS) is 10.8. The fourth-order valence-corrected chi connectivity index (χ4v) is 3.45. The molecule has 0 saturated carbocycles. The molecule has 0 fully saturated rings. The number of benzene rings is 4. The van der Waals surface area contributed by atoms with E-state index < -0.39 is 27.1 Å². The first kappa shape index (κ1) is 24.6. The van der Waals surface area contributed by atoms with Gasteiger partial charge in [0.15, 0.2) is 11.5 Å². The Morgan fingerprint density at radius 1 is 0.919 bits per heavy atom. The number of carbonyl (C=O) groups is 1.